The van der Waals surface area contributed by atoms with Gasteiger partial charge in [-0.1, -0.05) is 11.6 Å². The van der Waals surface area contributed by atoms with Gasteiger partial charge in [0.1, 0.15) is 24.7 Å². The number of carbonyl (C=O) groups excluding carboxylic acids is 2. The van der Waals surface area contributed by atoms with Crippen LogP contribution in [0.2, 0.25) is 5.02 Å². The van der Waals surface area contributed by atoms with Crippen LogP contribution in [-0.4, -0.2) is 47.4 Å². The summed E-state index contributed by atoms with van der Waals surface area (Å²) >= 11 is 7.67. The Morgan fingerprint density at radius 3 is 2.53 bits per heavy atom. The number of amides is 2. The van der Waals surface area contributed by atoms with Gasteiger partial charge in [-0.3, -0.25) is 9.59 Å². The lowest BCUT2D eigenvalue weighted by Gasteiger charge is -2.37. The van der Waals surface area contributed by atoms with Gasteiger partial charge in [-0.25, -0.2) is 4.39 Å². The molecule has 2 aliphatic rings. The Labute approximate surface area is 206 Å². The first-order valence-electron chi connectivity index (χ1n) is 11.3. The molecular weight excluding hydrogens is 475 g/mol. The van der Waals surface area contributed by atoms with E-state index in [1.165, 1.54) is 29.1 Å². The van der Waals surface area contributed by atoms with Gasteiger partial charge in [0.25, 0.3) is 5.91 Å². The van der Waals surface area contributed by atoms with Crippen molar-refractivity contribution in [2.75, 3.05) is 19.7 Å². The fraction of sp³-hybridized carbons (Fsp3) is 0.308. The van der Waals surface area contributed by atoms with E-state index in [1.54, 1.807) is 28.4 Å². The molecule has 2 amide bonds. The highest BCUT2D eigenvalue weighted by Crippen LogP contribution is 2.35. The van der Waals surface area contributed by atoms with E-state index >= 15 is 0 Å². The second-order valence-electron chi connectivity index (χ2n) is 8.59. The number of benzene rings is 2. The van der Waals surface area contributed by atoms with Gasteiger partial charge in [-0.15, -0.1) is 11.3 Å². The largest absolute Gasteiger partial charge is 0.491 e. The Hall–Kier alpha value is -2.90. The molecule has 5 rings (SSSR count). The van der Waals surface area contributed by atoms with E-state index in [0.717, 1.165) is 24.8 Å². The zero-order valence-corrected chi connectivity index (χ0v) is 20.0. The van der Waals surface area contributed by atoms with Crippen molar-refractivity contribution in [1.82, 2.24) is 9.80 Å². The highest BCUT2D eigenvalue weighted by Gasteiger charge is 2.38. The molecule has 8 heteroatoms. The van der Waals surface area contributed by atoms with Gasteiger partial charge in [0.2, 0.25) is 5.91 Å². The maximum atomic E-state index is 13.5. The van der Waals surface area contributed by atoms with E-state index in [0.29, 0.717) is 29.5 Å². The third kappa shape index (κ3) is 4.95. The molecule has 0 bridgehead atoms. The van der Waals surface area contributed by atoms with Crippen molar-refractivity contribution < 1.29 is 18.7 Å². The summed E-state index contributed by atoms with van der Waals surface area (Å²) in [6.07, 6.45) is 2.53. The van der Waals surface area contributed by atoms with E-state index in [9.17, 15) is 14.0 Å². The number of carbonyl (C=O) groups is 2. The summed E-state index contributed by atoms with van der Waals surface area (Å²) in [5.41, 5.74) is 1.49. The maximum Gasteiger partial charge on any atom is 0.254 e. The Morgan fingerprint density at radius 1 is 1.09 bits per heavy atom. The molecule has 0 N–H and O–H groups in total. The highest BCUT2D eigenvalue weighted by atomic mass is 35.5. The molecule has 1 aliphatic heterocycles. The van der Waals surface area contributed by atoms with Crippen molar-refractivity contribution in [2.45, 2.75) is 31.3 Å². The fourth-order valence-corrected chi connectivity index (χ4v) is 5.38. The summed E-state index contributed by atoms with van der Waals surface area (Å²) in [6, 6.07) is 14.5. The van der Waals surface area contributed by atoms with Crippen LogP contribution in [0, 0.1) is 5.82 Å². The van der Waals surface area contributed by atoms with Crippen LogP contribution in [0.25, 0.3) is 0 Å². The van der Waals surface area contributed by atoms with Gasteiger partial charge in [-0.2, -0.15) is 0 Å². The first-order valence-corrected chi connectivity index (χ1v) is 12.6. The van der Waals surface area contributed by atoms with Crippen LogP contribution in [0.1, 0.15) is 39.7 Å². The molecule has 1 fully saturated rings. The normalized spacial score (nSPS) is 17.2. The molecule has 1 atom stereocenters. The number of hydrogen-bond donors (Lipinski definition) is 0. The van der Waals surface area contributed by atoms with Gasteiger partial charge >= 0.3 is 0 Å². The molecule has 176 valence electrons. The minimum Gasteiger partial charge on any atom is -0.491 e. The van der Waals surface area contributed by atoms with Gasteiger partial charge in [-0.05, 0) is 84.8 Å². The van der Waals surface area contributed by atoms with Crippen molar-refractivity contribution in [3.63, 3.8) is 0 Å². The first-order chi connectivity index (χ1) is 16.5. The lowest BCUT2D eigenvalue weighted by molar-refractivity contribution is -0.135. The van der Waals surface area contributed by atoms with Crippen LogP contribution in [-0.2, 0) is 11.2 Å². The van der Waals surface area contributed by atoms with E-state index in [-0.39, 0.29) is 30.4 Å². The predicted molar refractivity (Wildman–Crippen MR) is 130 cm³/mol. The van der Waals surface area contributed by atoms with Crippen molar-refractivity contribution in [2.24, 2.45) is 0 Å². The van der Waals surface area contributed by atoms with Crippen LogP contribution in [0.15, 0.2) is 60.0 Å². The Morgan fingerprint density at radius 2 is 1.82 bits per heavy atom. The Kier molecular flexibility index (Phi) is 6.57. The van der Waals surface area contributed by atoms with Crippen LogP contribution >= 0.6 is 22.9 Å². The molecule has 34 heavy (non-hydrogen) atoms. The van der Waals surface area contributed by atoms with Crippen molar-refractivity contribution in [1.29, 1.82) is 0 Å². The number of hydrogen-bond acceptors (Lipinski definition) is 4. The van der Waals surface area contributed by atoms with Gasteiger partial charge in [0.15, 0.2) is 0 Å². The molecule has 0 radical (unpaired) electrons. The number of ether oxygens (including phenoxy) is 1. The molecule has 0 spiro atoms. The van der Waals surface area contributed by atoms with Crippen LogP contribution < -0.4 is 4.74 Å². The Bertz CT molecular complexity index is 1180. The van der Waals surface area contributed by atoms with E-state index in [4.69, 9.17) is 16.3 Å². The summed E-state index contributed by atoms with van der Waals surface area (Å²) in [7, 11) is 0. The number of nitrogens with zero attached hydrogens (tertiary/aromatic N) is 2. The third-order valence-corrected chi connectivity index (χ3v) is 7.53. The fourth-order valence-electron chi connectivity index (χ4n) is 4.33. The van der Waals surface area contributed by atoms with Gasteiger partial charge in [0.05, 0.1) is 6.04 Å². The monoisotopic (exact) mass is 498 g/mol. The average Bonchev–Trinajstić information content (AvgIpc) is 3.57. The van der Waals surface area contributed by atoms with E-state index < -0.39 is 5.82 Å². The molecule has 1 aliphatic carbocycles. The summed E-state index contributed by atoms with van der Waals surface area (Å²) in [6.45, 7) is 0.883. The molecule has 5 nitrogen and oxygen atoms in total. The average molecular weight is 499 g/mol. The molecule has 1 saturated carbocycles. The molecule has 3 aromatic rings. The number of fused-ring (bicyclic) bond motifs is 1. The molecular formula is C26H24ClFN2O3S. The predicted octanol–water partition coefficient (Wildman–Crippen LogP) is 5.35. The van der Waals surface area contributed by atoms with Crippen LogP contribution in [0.4, 0.5) is 4.39 Å². The second kappa shape index (κ2) is 9.76. The minimum absolute atomic E-state index is 0.00219. The topological polar surface area (TPSA) is 49.9 Å². The SMILES string of the molecule is O=C(c1ccc(F)cc1)N(CC(=O)N1CCc2sccc2C1COc1ccc(Cl)cc1)C1CC1. The van der Waals surface area contributed by atoms with Gasteiger partial charge in [0, 0.05) is 28.0 Å². The smallest absolute Gasteiger partial charge is 0.254 e. The molecule has 1 unspecified atom stereocenters. The maximum absolute atomic E-state index is 13.5. The number of thiophene rings is 1. The van der Waals surface area contributed by atoms with E-state index in [2.05, 4.69) is 6.07 Å². The molecule has 0 saturated heterocycles. The summed E-state index contributed by atoms with van der Waals surface area (Å²) in [5, 5.41) is 2.68. The van der Waals surface area contributed by atoms with Crippen molar-refractivity contribution in [3.8, 4) is 5.75 Å². The number of halogens is 2. The summed E-state index contributed by atoms with van der Waals surface area (Å²) in [5.74, 6) is -0.0544. The van der Waals surface area contributed by atoms with Crippen LogP contribution in [0.3, 0.4) is 0 Å². The number of rotatable bonds is 7. The van der Waals surface area contributed by atoms with Crippen molar-refractivity contribution >= 4 is 34.8 Å². The molecule has 2 aromatic carbocycles. The molecule has 2 heterocycles. The summed E-state index contributed by atoms with van der Waals surface area (Å²) < 4.78 is 19.4. The second-order valence-corrected chi connectivity index (χ2v) is 10.0. The summed E-state index contributed by atoms with van der Waals surface area (Å²) in [4.78, 5) is 31.4. The third-order valence-electron chi connectivity index (χ3n) is 6.28. The quantitative estimate of drug-likeness (QED) is 0.441. The zero-order chi connectivity index (χ0) is 23.7. The lowest BCUT2D eigenvalue weighted by atomic mass is 10.0. The van der Waals surface area contributed by atoms with Crippen LogP contribution in [0.5, 0.6) is 5.75 Å². The highest BCUT2D eigenvalue weighted by molar-refractivity contribution is 7.10. The first kappa shape index (κ1) is 22.9. The zero-order valence-electron chi connectivity index (χ0n) is 18.5. The van der Waals surface area contributed by atoms with Crippen molar-refractivity contribution in [3.05, 3.63) is 86.8 Å². The lowest BCUT2D eigenvalue weighted by Crippen LogP contribution is -2.48. The van der Waals surface area contributed by atoms with Gasteiger partial charge < -0.3 is 14.5 Å². The standard InChI is InChI=1S/C26H24ClFN2O3S/c27-18-3-9-21(10-4-18)33-16-23-22-12-14-34-24(22)11-13-29(23)25(31)15-30(20-7-8-20)26(32)17-1-5-19(28)6-2-17/h1-6,9-10,12,14,20,23H,7-8,11,13,15-16H2. The molecule has 1 aromatic heterocycles. The minimum atomic E-state index is -0.394. The van der Waals surface area contributed by atoms with E-state index in [1.807, 2.05) is 22.4 Å². The Balaban J connectivity index is 1.33.